The number of nitrogens with zero attached hydrogens (tertiary/aromatic N) is 1. The van der Waals surface area contributed by atoms with Gasteiger partial charge in [0.25, 0.3) is 0 Å². The van der Waals surface area contributed by atoms with Crippen LogP contribution in [0.3, 0.4) is 0 Å². The highest BCUT2D eigenvalue weighted by Gasteiger charge is 2.17. The maximum atomic E-state index is 5.24. The Morgan fingerprint density at radius 1 is 1.47 bits per heavy atom. The van der Waals surface area contributed by atoms with Crippen molar-refractivity contribution in [1.29, 1.82) is 0 Å². The van der Waals surface area contributed by atoms with Gasteiger partial charge in [0.05, 0.1) is 7.11 Å². The first kappa shape index (κ1) is 14.3. The van der Waals surface area contributed by atoms with Gasteiger partial charge >= 0.3 is 0 Å². The smallest absolute Gasteiger partial charge is 0.119 e. The van der Waals surface area contributed by atoms with E-state index >= 15 is 0 Å². The largest absolute Gasteiger partial charge is 0.497 e. The van der Waals surface area contributed by atoms with E-state index in [1.807, 2.05) is 12.1 Å². The van der Waals surface area contributed by atoms with Gasteiger partial charge in [-0.2, -0.15) is 0 Å². The summed E-state index contributed by atoms with van der Waals surface area (Å²) in [5.74, 6) is 0.939. The second kappa shape index (κ2) is 7.48. The van der Waals surface area contributed by atoms with Crippen molar-refractivity contribution in [3.05, 3.63) is 29.8 Å². The van der Waals surface area contributed by atoms with E-state index in [9.17, 15) is 0 Å². The van der Waals surface area contributed by atoms with Crippen LogP contribution in [0.1, 0.15) is 5.56 Å². The maximum absolute atomic E-state index is 5.24. The standard InChI is InChI=1S/C15H25N3O/c1-18-9-8-17-12-14(18)11-16-7-6-13-4-3-5-15(10-13)19-2/h3-5,10,14,16-17H,6-9,11-12H2,1-2H3. The summed E-state index contributed by atoms with van der Waals surface area (Å²) in [5, 5.41) is 6.99. The van der Waals surface area contributed by atoms with Crippen molar-refractivity contribution in [3.8, 4) is 5.75 Å². The lowest BCUT2D eigenvalue weighted by molar-refractivity contribution is 0.196. The Morgan fingerprint density at radius 3 is 3.16 bits per heavy atom. The molecule has 19 heavy (non-hydrogen) atoms. The maximum Gasteiger partial charge on any atom is 0.119 e. The van der Waals surface area contributed by atoms with E-state index in [2.05, 4.69) is 34.7 Å². The Hall–Kier alpha value is -1.10. The van der Waals surface area contributed by atoms with Crippen LogP contribution in [0.2, 0.25) is 0 Å². The first-order valence-corrected chi connectivity index (χ1v) is 7.04. The van der Waals surface area contributed by atoms with Crippen LogP contribution in [0.5, 0.6) is 5.75 Å². The molecule has 0 saturated carbocycles. The Balaban J connectivity index is 1.68. The van der Waals surface area contributed by atoms with E-state index in [-0.39, 0.29) is 0 Å². The number of nitrogens with one attached hydrogen (secondary N) is 2. The molecule has 1 fully saturated rings. The third-order valence-electron chi connectivity index (χ3n) is 3.75. The van der Waals surface area contributed by atoms with Gasteiger partial charge in [-0.05, 0) is 37.7 Å². The first-order chi connectivity index (χ1) is 9.29. The Kier molecular flexibility index (Phi) is 5.63. The van der Waals surface area contributed by atoms with E-state index < -0.39 is 0 Å². The van der Waals surface area contributed by atoms with Crippen LogP contribution in [-0.4, -0.2) is 57.8 Å². The number of hydrogen-bond acceptors (Lipinski definition) is 4. The van der Waals surface area contributed by atoms with Crippen molar-refractivity contribution >= 4 is 0 Å². The predicted octanol–water partition coefficient (Wildman–Crippen LogP) is 0.731. The molecule has 106 valence electrons. The lowest BCUT2D eigenvalue weighted by Crippen LogP contribution is -2.53. The molecule has 4 heteroatoms. The van der Waals surface area contributed by atoms with Crippen LogP contribution in [0.4, 0.5) is 0 Å². The predicted molar refractivity (Wildman–Crippen MR) is 78.9 cm³/mol. The fourth-order valence-electron chi connectivity index (χ4n) is 2.42. The minimum absolute atomic E-state index is 0.610. The zero-order valence-corrected chi connectivity index (χ0v) is 12.0. The highest BCUT2D eigenvalue weighted by molar-refractivity contribution is 5.28. The Labute approximate surface area is 116 Å². The number of rotatable bonds is 6. The number of likely N-dealkylation sites (N-methyl/N-ethyl adjacent to an activating group) is 1. The highest BCUT2D eigenvalue weighted by Crippen LogP contribution is 2.12. The number of piperazine rings is 1. The van der Waals surface area contributed by atoms with Crippen LogP contribution < -0.4 is 15.4 Å². The van der Waals surface area contributed by atoms with Gasteiger partial charge in [-0.15, -0.1) is 0 Å². The quantitative estimate of drug-likeness (QED) is 0.742. The highest BCUT2D eigenvalue weighted by atomic mass is 16.5. The lowest BCUT2D eigenvalue weighted by Gasteiger charge is -2.33. The second-order valence-electron chi connectivity index (χ2n) is 5.14. The van der Waals surface area contributed by atoms with Gasteiger partial charge in [-0.25, -0.2) is 0 Å². The fraction of sp³-hybridized carbons (Fsp3) is 0.600. The van der Waals surface area contributed by atoms with E-state index in [0.29, 0.717) is 6.04 Å². The monoisotopic (exact) mass is 263 g/mol. The summed E-state index contributed by atoms with van der Waals surface area (Å²) in [7, 11) is 3.92. The Bertz CT molecular complexity index is 383. The van der Waals surface area contributed by atoms with Gasteiger partial charge in [0.15, 0.2) is 0 Å². The summed E-state index contributed by atoms with van der Waals surface area (Å²) in [4.78, 5) is 2.43. The van der Waals surface area contributed by atoms with Gasteiger partial charge in [0.2, 0.25) is 0 Å². The van der Waals surface area contributed by atoms with Crippen molar-refractivity contribution in [3.63, 3.8) is 0 Å². The van der Waals surface area contributed by atoms with Crippen LogP contribution >= 0.6 is 0 Å². The minimum atomic E-state index is 0.610. The Morgan fingerprint density at radius 2 is 2.37 bits per heavy atom. The van der Waals surface area contributed by atoms with Gasteiger partial charge in [-0.3, -0.25) is 4.90 Å². The molecule has 1 unspecified atom stereocenters. The number of ether oxygens (including phenoxy) is 1. The molecule has 0 spiro atoms. The average molecular weight is 263 g/mol. The molecule has 0 aromatic heterocycles. The summed E-state index contributed by atoms with van der Waals surface area (Å²) in [5.41, 5.74) is 1.32. The molecular formula is C15H25N3O. The molecule has 1 aliphatic rings. The van der Waals surface area contributed by atoms with E-state index in [4.69, 9.17) is 4.74 Å². The van der Waals surface area contributed by atoms with Crippen LogP contribution in [-0.2, 0) is 6.42 Å². The molecule has 0 radical (unpaired) electrons. The first-order valence-electron chi connectivity index (χ1n) is 7.04. The van der Waals surface area contributed by atoms with Crippen LogP contribution in [0.25, 0.3) is 0 Å². The molecule has 2 N–H and O–H groups in total. The molecule has 1 aromatic carbocycles. The fourth-order valence-corrected chi connectivity index (χ4v) is 2.42. The molecule has 0 amide bonds. The molecule has 1 atom stereocenters. The van der Waals surface area contributed by atoms with Gasteiger partial charge in [0.1, 0.15) is 5.75 Å². The van der Waals surface area contributed by atoms with Crippen molar-refractivity contribution in [2.75, 3.05) is 46.9 Å². The summed E-state index contributed by atoms with van der Waals surface area (Å²) < 4.78 is 5.24. The van der Waals surface area contributed by atoms with Crippen LogP contribution in [0, 0.1) is 0 Å². The van der Waals surface area contributed by atoms with E-state index in [1.54, 1.807) is 7.11 Å². The summed E-state index contributed by atoms with van der Waals surface area (Å²) in [6.45, 7) is 5.40. The summed E-state index contributed by atoms with van der Waals surface area (Å²) in [6.07, 6.45) is 1.04. The molecule has 1 aromatic rings. The number of hydrogen-bond donors (Lipinski definition) is 2. The van der Waals surface area contributed by atoms with E-state index in [0.717, 1.165) is 44.9 Å². The molecule has 1 heterocycles. The molecule has 4 nitrogen and oxygen atoms in total. The molecule has 0 bridgehead atoms. The summed E-state index contributed by atoms with van der Waals surface area (Å²) in [6, 6.07) is 8.90. The molecule has 1 saturated heterocycles. The molecule has 2 rings (SSSR count). The third kappa shape index (κ3) is 4.49. The average Bonchev–Trinajstić information content (AvgIpc) is 2.45. The van der Waals surface area contributed by atoms with E-state index in [1.165, 1.54) is 5.56 Å². The molecular weight excluding hydrogens is 238 g/mol. The molecule has 1 aliphatic heterocycles. The van der Waals surface area contributed by atoms with Gasteiger partial charge in [-0.1, -0.05) is 12.1 Å². The minimum Gasteiger partial charge on any atom is -0.497 e. The van der Waals surface area contributed by atoms with Crippen molar-refractivity contribution in [2.45, 2.75) is 12.5 Å². The van der Waals surface area contributed by atoms with Crippen molar-refractivity contribution in [2.24, 2.45) is 0 Å². The SMILES string of the molecule is COc1cccc(CCNCC2CNCCN2C)c1. The molecule has 0 aliphatic carbocycles. The van der Waals surface area contributed by atoms with Crippen molar-refractivity contribution in [1.82, 2.24) is 15.5 Å². The number of methoxy groups -OCH3 is 1. The summed E-state index contributed by atoms with van der Waals surface area (Å²) >= 11 is 0. The number of benzene rings is 1. The van der Waals surface area contributed by atoms with Crippen molar-refractivity contribution < 1.29 is 4.74 Å². The lowest BCUT2D eigenvalue weighted by atomic mass is 10.1. The van der Waals surface area contributed by atoms with Crippen LogP contribution in [0.15, 0.2) is 24.3 Å². The second-order valence-corrected chi connectivity index (χ2v) is 5.14. The zero-order chi connectivity index (χ0) is 13.5. The van der Waals surface area contributed by atoms with Gasteiger partial charge in [0, 0.05) is 32.2 Å². The topological polar surface area (TPSA) is 36.5 Å². The third-order valence-corrected chi connectivity index (χ3v) is 3.75. The zero-order valence-electron chi connectivity index (χ0n) is 12.0. The normalized spacial score (nSPS) is 20.4. The van der Waals surface area contributed by atoms with Gasteiger partial charge < -0.3 is 15.4 Å².